The van der Waals surface area contributed by atoms with Crippen LogP contribution in [0, 0.1) is 6.92 Å². The van der Waals surface area contributed by atoms with Gasteiger partial charge in [-0.15, -0.1) is 0 Å². The van der Waals surface area contributed by atoms with Crippen LogP contribution in [0.5, 0.6) is 0 Å². The van der Waals surface area contributed by atoms with Crippen LogP contribution in [0.2, 0.25) is 0 Å². The summed E-state index contributed by atoms with van der Waals surface area (Å²) in [4.78, 5) is 11.0. The first-order valence-corrected chi connectivity index (χ1v) is 6.55. The summed E-state index contributed by atoms with van der Waals surface area (Å²) < 4.78 is 5.34. The van der Waals surface area contributed by atoms with Gasteiger partial charge in [-0.25, -0.2) is 0 Å². The molecule has 1 aromatic rings. The number of nitrogens with one attached hydrogen (secondary N) is 1. The van der Waals surface area contributed by atoms with Crippen LogP contribution in [-0.4, -0.2) is 53.8 Å². The molecule has 1 N–H and O–H groups in total. The molecule has 1 aliphatic heterocycles. The Morgan fingerprint density at radius 2 is 2.11 bits per heavy atom. The molecule has 0 aromatic carbocycles. The number of nitrogens with zero attached hydrogens (tertiary/aromatic N) is 3. The van der Waals surface area contributed by atoms with Crippen LogP contribution in [0.15, 0.2) is 12.4 Å². The molecule has 0 spiro atoms. The van der Waals surface area contributed by atoms with Gasteiger partial charge in [0.1, 0.15) is 0 Å². The van der Waals surface area contributed by atoms with Crippen LogP contribution >= 0.6 is 0 Å². The minimum Gasteiger partial charge on any atom is -0.379 e. The molecule has 100 valence electrons. The molecule has 0 radical (unpaired) electrons. The van der Waals surface area contributed by atoms with E-state index in [2.05, 4.69) is 27.1 Å². The first-order chi connectivity index (χ1) is 8.74. The lowest BCUT2D eigenvalue weighted by atomic mass is 10.2. The molecule has 1 atom stereocenters. The average Bonchev–Trinajstić information content (AvgIpc) is 2.39. The maximum absolute atomic E-state index is 5.34. The highest BCUT2D eigenvalue weighted by atomic mass is 16.5. The highest BCUT2D eigenvalue weighted by Crippen LogP contribution is 2.00. The summed E-state index contributed by atoms with van der Waals surface area (Å²) in [5.41, 5.74) is 1.95. The summed E-state index contributed by atoms with van der Waals surface area (Å²) in [6, 6.07) is 0.450. The molecule has 0 saturated carbocycles. The van der Waals surface area contributed by atoms with E-state index in [-0.39, 0.29) is 0 Å². The Labute approximate surface area is 109 Å². The van der Waals surface area contributed by atoms with E-state index in [0.29, 0.717) is 6.04 Å². The number of hydrogen-bond acceptors (Lipinski definition) is 5. The summed E-state index contributed by atoms with van der Waals surface area (Å²) in [7, 11) is 0. The minimum absolute atomic E-state index is 0.450. The first-order valence-electron chi connectivity index (χ1n) is 6.55. The molecule has 1 fully saturated rings. The maximum Gasteiger partial charge on any atom is 0.0724 e. The van der Waals surface area contributed by atoms with Gasteiger partial charge in [0, 0.05) is 44.6 Å². The van der Waals surface area contributed by atoms with Crippen molar-refractivity contribution in [2.24, 2.45) is 0 Å². The molecule has 1 aliphatic rings. The Hall–Kier alpha value is -1.04. The molecule has 0 bridgehead atoms. The molecule has 5 nitrogen and oxygen atoms in total. The van der Waals surface area contributed by atoms with Gasteiger partial charge in [0.05, 0.1) is 24.6 Å². The lowest BCUT2D eigenvalue weighted by molar-refractivity contribution is 0.0343. The molecule has 1 saturated heterocycles. The molecule has 2 rings (SSSR count). The van der Waals surface area contributed by atoms with E-state index < -0.39 is 0 Å². The number of ether oxygens (including phenoxy) is 1. The number of aryl methyl sites for hydroxylation is 1. The zero-order valence-electron chi connectivity index (χ0n) is 11.2. The highest BCUT2D eigenvalue weighted by Gasteiger charge is 2.13. The third kappa shape index (κ3) is 4.33. The van der Waals surface area contributed by atoms with Gasteiger partial charge in [-0.05, 0) is 13.8 Å². The molecule has 18 heavy (non-hydrogen) atoms. The molecular formula is C13H22N4O. The number of rotatable bonds is 5. The van der Waals surface area contributed by atoms with E-state index in [0.717, 1.165) is 50.8 Å². The van der Waals surface area contributed by atoms with Crippen LogP contribution in [0.1, 0.15) is 18.3 Å². The smallest absolute Gasteiger partial charge is 0.0724 e. The van der Waals surface area contributed by atoms with Gasteiger partial charge in [-0.3, -0.25) is 14.9 Å². The molecule has 1 unspecified atom stereocenters. The lowest BCUT2D eigenvalue weighted by Gasteiger charge is -2.29. The van der Waals surface area contributed by atoms with Gasteiger partial charge in [0.25, 0.3) is 0 Å². The normalized spacial score (nSPS) is 18.8. The van der Waals surface area contributed by atoms with Crippen molar-refractivity contribution in [1.29, 1.82) is 0 Å². The molecule has 1 aromatic heterocycles. The van der Waals surface area contributed by atoms with Crippen molar-refractivity contribution in [3.63, 3.8) is 0 Å². The van der Waals surface area contributed by atoms with E-state index in [1.807, 2.05) is 19.3 Å². The monoisotopic (exact) mass is 250 g/mol. The van der Waals surface area contributed by atoms with Gasteiger partial charge in [-0.1, -0.05) is 0 Å². The van der Waals surface area contributed by atoms with Gasteiger partial charge in [0.2, 0.25) is 0 Å². The van der Waals surface area contributed by atoms with Crippen molar-refractivity contribution in [3.05, 3.63) is 23.8 Å². The van der Waals surface area contributed by atoms with Crippen molar-refractivity contribution >= 4 is 0 Å². The second-order valence-corrected chi connectivity index (χ2v) is 4.84. The van der Waals surface area contributed by atoms with E-state index in [1.54, 1.807) is 0 Å². The summed E-state index contributed by atoms with van der Waals surface area (Å²) >= 11 is 0. The van der Waals surface area contributed by atoms with Crippen LogP contribution in [0.3, 0.4) is 0 Å². The van der Waals surface area contributed by atoms with E-state index in [4.69, 9.17) is 4.74 Å². The number of aromatic nitrogens is 2. The topological polar surface area (TPSA) is 50.3 Å². The van der Waals surface area contributed by atoms with Crippen molar-refractivity contribution in [3.8, 4) is 0 Å². The molecular weight excluding hydrogens is 228 g/mol. The van der Waals surface area contributed by atoms with Crippen LogP contribution in [-0.2, 0) is 11.3 Å². The Morgan fingerprint density at radius 3 is 2.78 bits per heavy atom. The summed E-state index contributed by atoms with van der Waals surface area (Å²) in [6.07, 6.45) is 3.65. The fourth-order valence-corrected chi connectivity index (χ4v) is 2.02. The molecule has 5 heteroatoms. The Morgan fingerprint density at radius 1 is 1.33 bits per heavy atom. The average molecular weight is 250 g/mol. The van der Waals surface area contributed by atoms with Crippen LogP contribution in [0.4, 0.5) is 0 Å². The Balaban J connectivity index is 1.70. The summed E-state index contributed by atoms with van der Waals surface area (Å²) in [5.74, 6) is 0. The molecule has 0 amide bonds. The zero-order chi connectivity index (χ0) is 12.8. The number of morpholine rings is 1. The predicted molar refractivity (Wildman–Crippen MR) is 70.3 cm³/mol. The summed E-state index contributed by atoms with van der Waals surface area (Å²) in [6.45, 7) is 9.78. The van der Waals surface area contributed by atoms with Crippen LogP contribution < -0.4 is 5.32 Å². The van der Waals surface area contributed by atoms with E-state index in [1.165, 1.54) is 0 Å². The van der Waals surface area contributed by atoms with Gasteiger partial charge >= 0.3 is 0 Å². The fraction of sp³-hybridized carbons (Fsp3) is 0.692. The molecule has 0 aliphatic carbocycles. The van der Waals surface area contributed by atoms with Gasteiger partial charge in [0.15, 0.2) is 0 Å². The first kappa shape index (κ1) is 13.4. The van der Waals surface area contributed by atoms with Gasteiger partial charge in [-0.2, -0.15) is 0 Å². The minimum atomic E-state index is 0.450. The Bertz CT molecular complexity index is 349. The van der Waals surface area contributed by atoms with E-state index in [9.17, 15) is 0 Å². The standard InChI is InChI=1S/C13H22N4O/c1-11-7-16-13(8-14-11)9-15-12(2)10-17-3-5-18-6-4-17/h7-8,12,15H,3-6,9-10H2,1-2H3. The summed E-state index contributed by atoms with van der Waals surface area (Å²) in [5, 5.41) is 3.48. The van der Waals surface area contributed by atoms with Crippen molar-refractivity contribution in [2.45, 2.75) is 26.4 Å². The van der Waals surface area contributed by atoms with Crippen molar-refractivity contribution in [1.82, 2.24) is 20.2 Å². The predicted octanol–water partition coefficient (Wildman–Crippen LogP) is 0.595. The SMILES string of the molecule is Cc1cnc(CNC(C)CN2CCOCC2)cn1. The van der Waals surface area contributed by atoms with Crippen molar-refractivity contribution in [2.75, 3.05) is 32.8 Å². The second kappa shape index (κ2) is 6.78. The Kier molecular flexibility index (Phi) is 5.04. The van der Waals surface area contributed by atoms with Gasteiger partial charge < -0.3 is 10.1 Å². The third-order valence-electron chi connectivity index (χ3n) is 3.10. The second-order valence-electron chi connectivity index (χ2n) is 4.84. The fourth-order valence-electron chi connectivity index (χ4n) is 2.02. The highest BCUT2D eigenvalue weighted by molar-refractivity contribution is 5.00. The lowest BCUT2D eigenvalue weighted by Crippen LogP contribution is -2.44. The van der Waals surface area contributed by atoms with Crippen LogP contribution in [0.25, 0.3) is 0 Å². The van der Waals surface area contributed by atoms with Crippen molar-refractivity contribution < 1.29 is 4.74 Å². The quantitative estimate of drug-likeness (QED) is 0.829. The zero-order valence-corrected chi connectivity index (χ0v) is 11.2. The third-order valence-corrected chi connectivity index (χ3v) is 3.10. The van der Waals surface area contributed by atoms with E-state index >= 15 is 0 Å². The maximum atomic E-state index is 5.34. The molecule has 2 heterocycles. The largest absolute Gasteiger partial charge is 0.379 e. The number of hydrogen-bond donors (Lipinski definition) is 1.